The minimum absolute atomic E-state index is 0.433. The summed E-state index contributed by atoms with van der Waals surface area (Å²) in [5.74, 6) is 0.516. The molecule has 1 aromatic heterocycles. The minimum Gasteiger partial charge on any atom is -0.330 e. The fourth-order valence-corrected chi connectivity index (χ4v) is 2.29. The van der Waals surface area contributed by atoms with Crippen molar-refractivity contribution >= 4 is 0 Å². The van der Waals surface area contributed by atoms with E-state index in [1.807, 2.05) is 0 Å². The zero-order chi connectivity index (χ0) is 11.6. The number of hydrogen-bond donors (Lipinski definition) is 1. The summed E-state index contributed by atoms with van der Waals surface area (Å²) in [5.41, 5.74) is 9.44. The van der Waals surface area contributed by atoms with E-state index in [-0.39, 0.29) is 0 Å². The molecule has 2 N–H and O–H groups in total. The van der Waals surface area contributed by atoms with Crippen molar-refractivity contribution in [2.24, 2.45) is 5.73 Å². The molecule has 0 aliphatic heterocycles. The molecule has 0 aliphatic rings. The Bertz CT molecular complexity index is 326. The number of rotatable bonds is 4. The summed E-state index contributed by atoms with van der Waals surface area (Å²) in [5, 5.41) is 4.59. The first kappa shape index (κ1) is 12.2. The summed E-state index contributed by atoms with van der Waals surface area (Å²) in [6.45, 7) is 11.5. The van der Waals surface area contributed by atoms with E-state index in [0.717, 1.165) is 18.7 Å². The Hall–Kier alpha value is -0.830. The number of hydrogen-bond acceptors (Lipinski definition) is 2. The van der Waals surface area contributed by atoms with Gasteiger partial charge in [-0.25, -0.2) is 0 Å². The maximum atomic E-state index is 5.61. The van der Waals surface area contributed by atoms with Gasteiger partial charge in [0.05, 0.1) is 5.69 Å². The third-order valence-electron chi connectivity index (χ3n) is 2.96. The van der Waals surface area contributed by atoms with E-state index in [1.165, 1.54) is 11.3 Å². The Morgan fingerprint density at radius 2 is 1.87 bits per heavy atom. The first-order valence-corrected chi connectivity index (χ1v) is 5.74. The van der Waals surface area contributed by atoms with Crippen molar-refractivity contribution in [1.29, 1.82) is 0 Å². The molecule has 0 bridgehead atoms. The van der Waals surface area contributed by atoms with E-state index in [9.17, 15) is 0 Å². The number of aryl methyl sites for hydroxylation is 1. The predicted molar refractivity (Wildman–Crippen MR) is 64.2 cm³/mol. The average Bonchev–Trinajstić information content (AvgIpc) is 2.42. The van der Waals surface area contributed by atoms with Crippen molar-refractivity contribution in [2.45, 2.75) is 53.0 Å². The summed E-state index contributed by atoms with van der Waals surface area (Å²) >= 11 is 0. The van der Waals surface area contributed by atoms with Gasteiger partial charge in [0, 0.05) is 11.7 Å². The van der Waals surface area contributed by atoms with Gasteiger partial charge in [0.1, 0.15) is 0 Å². The number of nitrogens with zero attached hydrogens (tertiary/aromatic N) is 2. The third kappa shape index (κ3) is 2.40. The van der Waals surface area contributed by atoms with Crippen LogP contribution in [-0.2, 0) is 0 Å². The molecule has 1 unspecified atom stereocenters. The van der Waals surface area contributed by atoms with Crippen molar-refractivity contribution < 1.29 is 0 Å². The Kier molecular flexibility index (Phi) is 3.91. The van der Waals surface area contributed by atoms with E-state index in [4.69, 9.17) is 5.73 Å². The molecule has 1 rings (SSSR count). The van der Waals surface area contributed by atoms with Gasteiger partial charge in [-0.15, -0.1) is 0 Å². The van der Waals surface area contributed by atoms with Gasteiger partial charge < -0.3 is 5.73 Å². The van der Waals surface area contributed by atoms with Crippen LogP contribution in [0.5, 0.6) is 0 Å². The van der Waals surface area contributed by atoms with Crippen molar-refractivity contribution in [3.63, 3.8) is 0 Å². The lowest BCUT2D eigenvalue weighted by molar-refractivity contribution is 0.514. The van der Waals surface area contributed by atoms with E-state index in [0.29, 0.717) is 12.0 Å². The SMILES string of the molecule is Cc1nn(C(C)C)c(C)c1C(C)CCN. The Labute approximate surface area is 92.7 Å². The molecule has 3 nitrogen and oxygen atoms in total. The molecule has 0 saturated heterocycles. The molecule has 0 spiro atoms. The first-order valence-electron chi connectivity index (χ1n) is 5.74. The van der Waals surface area contributed by atoms with Crippen LogP contribution in [0.25, 0.3) is 0 Å². The first-order chi connectivity index (χ1) is 6.99. The van der Waals surface area contributed by atoms with Gasteiger partial charge in [0.15, 0.2) is 0 Å². The molecule has 1 atom stereocenters. The van der Waals surface area contributed by atoms with Gasteiger partial charge in [-0.1, -0.05) is 6.92 Å². The predicted octanol–water partition coefficient (Wildman–Crippen LogP) is 2.53. The fraction of sp³-hybridized carbons (Fsp3) is 0.750. The van der Waals surface area contributed by atoms with E-state index < -0.39 is 0 Å². The standard InChI is InChI=1S/C12H23N3/c1-8(2)15-11(5)12(10(4)14-15)9(3)6-7-13/h8-9H,6-7,13H2,1-5H3. The van der Waals surface area contributed by atoms with Crippen molar-refractivity contribution in [2.75, 3.05) is 6.54 Å². The zero-order valence-corrected chi connectivity index (χ0v) is 10.5. The lowest BCUT2D eigenvalue weighted by atomic mass is 9.96. The summed E-state index contributed by atoms with van der Waals surface area (Å²) in [4.78, 5) is 0. The van der Waals surface area contributed by atoms with Crippen molar-refractivity contribution in [1.82, 2.24) is 9.78 Å². The lowest BCUT2D eigenvalue weighted by Gasteiger charge is -2.12. The van der Waals surface area contributed by atoms with Crippen LogP contribution in [0.2, 0.25) is 0 Å². The maximum Gasteiger partial charge on any atom is 0.0631 e. The van der Waals surface area contributed by atoms with Gasteiger partial charge in [0.2, 0.25) is 0 Å². The van der Waals surface area contributed by atoms with Crippen LogP contribution in [-0.4, -0.2) is 16.3 Å². The molecule has 1 aromatic rings. The molecule has 3 heteroatoms. The molecular formula is C12H23N3. The van der Waals surface area contributed by atoms with Gasteiger partial charge in [0.25, 0.3) is 0 Å². The van der Waals surface area contributed by atoms with Crippen LogP contribution >= 0.6 is 0 Å². The molecule has 0 saturated carbocycles. The highest BCUT2D eigenvalue weighted by molar-refractivity contribution is 5.28. The van der Waals surface area contributed by atoms with E-state index >= 15 is 0 Å². The molecule has 0 radical (unpaired) electrons. The van der Waals surface area contributed by atoms with Crippen LogP contribution < -0.4 is 5.73 Å². The van der Waals surface area contributed by atoms with Gasteiger partial charge >= 0.3 is 0 Å². The third-order valence-corrected chi connectivity index (χ3v) is 2.96. The Balaban J connectivity index is 3.07. The van der Waals surface area contributed by atoms with Crippen LogP contribution in [0.15, 0.2) is 0 Å². The molecule has 0 aliphatic carbocycles. The Morgan fingerprint density at radius 1 is 1.27 bits per heavy atom. The number of nitrogens with two attached hydrogens (primary N) is 1. The number of aromatic nitrogens is 2. The van der Waals surface area contributed by atoms with Crippen LogP contribution in [0.4, 0.5) is 0 Å². The Morgan fingerprint density at radius 3 is 2.27 bits per heavy atom. The van der Waals surface area contributed by atoms with Crippen LogP contribution in [0.1, 0.15) is 56.1 Å². The summed E-state index contributed by atoms with van der Waals surface area (Å²) in [6, 6.07) is 0.433. The second-order valence-corrected chi connectivity index (χ2v) is 4.60. The molecular weight excluding hydrogens is 186 g/mol. The van der Waals surface area contributed by atoms with Gasteiger partial charge in [-0.2, -0.15) is 5.10 Å². The van der Waals surface area contributed by atoms with Crippen molar-refractivity contribution in [3.8, 4) is 0 Å². The highest BCUT2D eigenvalue weighted by Crippen LogP contribution is 2.26. The second kappa shape index (κ2) is 4.79. The molecule has 0 aromatic carbocycles. The summed E-state index contributed by atoms with van der Waals surface area (Å²) < 4.78 is 2.11. The van der Waals surface area contributed by atoms with Crippen LogP contribution in [0.3, 0.4) is 0 Å². The molecule has 86 valence electrons. The highest BCUT2D eigenvalue weighted by Gasteiger charge is 2.17. The molecule has 15 heavy (non-hydrogen) atoms. The normalized spacial score (nSPS) is 13.5. The van der Waals surface area contributed by atoms with E-state index in [1.54, 1.807) is 0 Å². The zero-order valence-electron chi connectivity index (χ0n) is 10.5. The maximum absolute atomic E-state index is 5.61. The second-order valence-electron chi connectivity index (χ2n) is 4.60. The van der Waals surface area contributed by atoms with Gasteiger partial charge in [-0.05, 0) is 52.1 Å². The highest BCUT2D eigenvalue weighted by atomic mass is 15.3. The average molecular weight is 209 g/mol. The summed E-state index contributed by atoms with van der Waals surface area (Å²) in [6.07, 6.45) is 1.03. The monoisotopic (exact) mass is 209 g/mol. The van der Waals surface area contributed by atoms with E-state index in [2.05, 4.69) is 44.4 Å². The van der Waals surface area contributed by atoms with Crippen molar-refractivity contribution in [3.05, 3.63) is 17.0 Å². The molecule has 0 fully saturated rings. The quantitative estimate of drug-likeness (QED) is 0.828. The van der Waals surface area contributed by atoms with Gasteiger partial charge in [-0.3, -0.25) is 4.68 Å². The fourth-order valence-electron chi connectivity index (χ4n) is 2.29. The smallest absolute Gasteiger partial charge is 0.0631 e. The minimum atomic E-state index is 0.433. The topological polar surface area (TPSA) is 43.8 Å². The molecule has 1 heterocycles. The lowest BCUT2D eigenvalue weighted by Crippen LogP contribution is -2.08. The van der Waals surface area contributed by atoms with Crippen LogP contribution in [0, 0.1) is 13.8 Å². The summed E-state index contributed by atoms with van der Waals surface area (Å²) in [7, 11) is 0. The molecule has 0 amide bonds. The largest absolute Gasteiger partial charge is 0.330 e.